The smallest absolute Gasteiger partial charge is 0.259 e. The number of aliphatic hydroxyl groups excluding tert-OH is 1. The first-order chi connectivity index (χ1) is 11.0. The highest BCUT2D eigenvalue weighted by Crippen LogP contribution is 2.32. The molecule has 0 bridgehead atoms. The molecule has 2 N–H and O–H groups in total. The normalized spacial score (nSPS) is 15.4. The maximum atomic E-state index is 12.1. The summed E-state index contributed by atoms with van der Waals surface area (Å²) < 4.78 is 38.9. The van der Waals surface area contributed by atoms with Gasteiger partial charge in [0.2, 0.25) is 0 Å². The van der Waals surface area contributed by atoms with Gasteiger partial charge in [-0.2, -0.15) is 0 Å². The van der Waals surface area contributed by atoms with Crippen LogP contribution in [0.25, 0.3) is 0 Å². The highest BCUT2D eigenvalue weighted by molar-refractivity contribution is 7.89. The maximum absolute atomic E-state index is 12.1. The van der Waals surface area contributed by atoms with Gasteiger partial charge in [-0.25, -0.2) is 18.1 Å². The van der Waals surface area contributed by atoms with E-state index >= 15 is 0 Å². The van der Waals surface area contributed by atoms with Crippen LogP contribution in [-0.4, -0.2) is 42.8 Å². The predicted molar refractivity (Wildman–Crippen MR) is 80.8 cm³/mol. The van der Waals surface area contributed by atoms with Crippen LogP contribution in [0.3, 0.4) is 0 Å². The molecule has 1 aromatic heterocycles. The van der Waals surface area contributed by atoms with Crippen molar-refractivity contribution in [1.29, 1.82) is 0 Å². The Bertz CT molecular complexity index is 802. The fourth-order valence-corrected chi connectivity index (χ4v) is 3.19. The molecule has 23 heavy (non-hydrogen) atoms. The number of rotatable bonds is 5. The second-order valence-corrected chi connectivity index (χ2v) is 6.86. The molecule has 0 spiro atoms. The van der Waals surface area contributed by atoms with Crippen LogP contribution in [0.2, 0.25) is 0 Å². The minimum atomic E-state index is -3.76. The molecule has 0 radical (unpaired) electrons. The van der Waals surface area contributed by atoms with E-state index in [-0.39, 0.29) is 11.6 Å². The van der Waals surface area contributed by atoms with Gasteiger partial charge in [0.05, 0.1) is 12.4 Å². The summed E-state index contributed by atoms with van der Waals surface area (Å²) in [6, 6.07) is 5.02. The minimum Gasteiger partial charge on any atom is -0.486 e. The highest BCUT2D eigenvalue weighted by Gasteiger charge is 2.20. The summed E-state index contributed by atoms with van der Waals surface area (Å²) in [4.78, 5) is 3.79. The summed E-state index contributed by atoms with van der Waals surface area (Å²) in [5.41, 5.74) is 0.540. The fourth-order valence-electron chi connectivity index (χ4n) is 2.18. The lowest BCUT2D eigenvalue weighted by molar-refractivity contribution is 0.165. The predicted octanol–water partition coefficient (Wildman–Crippen LogP) is 0.203. The van der Waals surface area contributed by atoms with Gasteiger partial charge in [-0.3, -0.25) is 0 Å². The number of hydrogen-bond donors (Lipinski definition) is 2. The molecule has 1 aromatic carbocycles. The van der Waals surface area contributed by atoms with Gasteiger partial charge in [-0.1, -0.05) is 6.07 Å². The molecule has 124 valence electrons. The third kappa shape index (κ3) is 3.46. The van der Waals surface area contributed by atoms with E-state index in [1.807, 2.05) is 0 Å². The van der Waals surface area contributed by atoms with Crippen molar-refractivity contribution in [1.82, 2.24) is 14.3 Å². The first kappa shape index (κ1) is 15.8. The number of fused-ring (bicyclic) bond motifs is 1. The minimum absolute atomic E-state index is 0.0885. The highest BCUT2D eigenvalue weighted by atomic mass is 32.2. The Labute approximate surface area is 133 Å². The summed E-state index contributed by atoms with van der Waals surface area (Å²) in [7, 11) is -2.08. The van der Waals surface area contributed by atoms with Gasteiger partial charge in [-0.15, -0.1) is 0 Å². The molecular weight excluding hydrogens is 322 g/mol. The summed E-state index contributed by atoms with van der Waals surface area (Å²) in [5.74, 6) is 1.15. The van der Waals surface area contributed by atoms with Gasteiger partial charge in [0.1, 0.15) is 13.2 Å². The van der Waals surface area contributed by atoms with Crippen molar-refractivity contribution in [3.05, 3.63) is 36.3 Å². The van der Waals surface area contributed by atoms with Crippen LogP contribution in [0.15, 0.2) is 35.7 Å². The topological polar surface area (TPSA) is 103 Å². The van der Waals surface area contributed by atoms with Gasteiger partial charge in [0, 0.05) is 19.8 Å². The van der Waals surface area contributed by atoms with Gasteiger partial charge >= 0.3 is 0 Å². The van der Waals surface area contributed by atoms with Crippen LogP contribution in [0, 0.1) is 0 Å². The van der Waals surface area contributed by atoms with Gasteiger partial charge in [-0.05, 0) is 17.7 Å². The standard InChI is InChI=1S/C14H17N3O5S/c1-17-8-14(15-9-17)23(19,20)16-7-11(18)10-2-3-12-13(6-10)22-5-4-21-12/h2-3,6,8-9,11,16,18H,4-5,7H2,1H3/t11-/m0/s1. The Morgan fingerprint density at radius 3 is 2.78 bits per heavy atom. The van der Waals surface area contributed by atoms with E-state index in [4.69, 9.17) is 9.47 Å². The zero-order valence-electron chi connectivity index (χ0n) is 12.5. The number of nitrogens with zero attached hydrogens (tertiary/aromatic N) is 2. The molecule has 8 nitrogen and oxygen atoms in total. The average Bonchev–Trinajstić information content (AvgIpc) is 2.99. The largest absolute Gasteiger partial charge is 0.486 e. The zero-order chi connectivity index (χ0) is 16.4. The summed E-state index contributed by atoms with van der Waals surface area (Å²) >= 11 is 0. The van der Waals surface area contributed by atoms with Crippen LogP contribution in [0.5, 0.6) is 11.5 Å². The molecule has 0 saturated heterocycles. The van der Waals surface area contributed by atoms with Crippen LogP contribution in [0.4, 0.5) is 0 Å². The fraction of sp³-hybridized carbons (Fsp3) is 0.357. The molecule has 1 aliphatic heterocycles. The van der Waals surface area contributed by atoms with Gasteiger partial charge in [0.25, 0.3) is 10.0 Å². The van der Waals surface area contributed by atoms with E-state index in [0.29, 0.717) is 30.3 Å². The molecule has 9 heteroatoms. The lowest BCUT2D eigenvalue weighted by Gasteiger charge is -2.20. The molecule has 2 heterocycles. The first-order valence-electron chi connectivity index (χ1n) is 7.01. The zero-order valence-corrected chi connectivity index (χ0v) is 13.3. The third-order valence-corrected chi connectivity index (χ3v) is 4.68. The first-order valence-corrected chi connectivity index (χ1v) is 8.49. The molecule has 0 saturated carbocycles. The van der Waals surface area contributed by atoms with Crippen LogP contribution >= 0.6 is 0 Å². The summed E-state index contributed by atoms with van der Waals surface area (Å²) in [6.07, 6.45) is 1.77. The molecule has 0 amide bonds. The third-order valence-electron chi connectivity index (χ3n) is 3.37. The van der Waals surface area contributed by atoms with Crippen molar-refractivity contribution < 1.29 is 23.0 Å². The average molecular weight is 339 g/mol. The number of benzene rings is 1. The molecule has 0 unspecified atom stereocenters. The van der Waals surface area contributed by atoms with Crippen LogP contribution in [-0.2, 0) is 17.1 Å². The number of sulfonamides is 1. The van der Waals surface area contributed by atoms with Crippen molar-refractivity contribution in [3.63, 3.8) is 0 Å². The van der Waals surface area contributed by atoms with E-state index in [0.717, 1.165) is 0 Å². The van der Waals surface area contributed by atoms with Crippen molar-refractivity contribution in [2.75, 3.05) is 19.8 Å². The second kappa shape index (κ2) is 6.19. The summed E-state index contributed by atoms with van der Waals surface area (Å²) in [6.45, 7) is 0.760. The maximum Gasteiger partial charge on any atom is 0.259 e. The van der Waals surface area contributed by atoms with Crippen molar-refractivity contribution in [3.8, 4) is 11.5 Å². The van der Waals surface area contributed by atoms with Gasteiger partial charge in [0.15, 0.2) is 16.5 Å². The molecule has 3 rings (SSSR count). The number of aliphatic hydroxyl groups is 1. The lowest BCUT2D eigenvalue weighted by atomic mass is 10.1. The Morgan fingerprint density at radius 2 is 2.09 bits per heavy atom. The molecular formula is C14H17N3O5S. The van der Waals surface area contributed by atoms with Crippen LogP contribution < -0.4 is 14.2 Å². The van der Waals surface area contributed by atoms with Crippen molar-refractivity contribution >= 4 is 10.0 Å². The number of aryl methyl sites for hydroxylation is 1. The molecule has 1 atom stereocenters. The molecule has 0 aliphatic carbocycles. The quantitative estimate of drug-likeness (QED) is 0.807. The molecule has 2 aromatic rings. The Kier molecular flexibility index (Phi) is 4.24. The Balaban J connectivity index is 1.68. The molecule has 0 fully saturated rings. The van der Waals surface area contributed by atoms with E-state index in [9.17, 15) is 13.5 Å². The second-order valence-electron chi connectivity index (χ2n) is 5.15. The van der Waals surface area contributed by atoms with Gasteiger partial charge < -0.3 is 19.1 Å². The van der Waals surface area contributed by atoms with E-state index in [1.165, 1.54) is 17.1 Å². The SMILES string of the molecule is Cn1cnc(S(=O)(=O)NC[C@H](O)c2ccc3c(c2)OCCO3)c1. The Morgan fingerprint density at radius 1 is 1.35 bits per heavy atom. The number of aromatic nitrogens is 2. The number of nitrogens with one attached hydrogen (secondary N) is 1. The molecule has 1 aliphatic rings. The van der Waals surface area contributed by atoms with E-state index in [1.54, 1.807) is 25.2 Å². The van der Waals surface area contributed by atoms with Crippen molar-refractivity contribution in [2.45, 2.75) is 11.1 Å². The monoisotopic (exact) mass is 339 g/mol. The van der Waals surface area contributed by atoms with Crippen molar-refractivity contribution in [2.24, 2.45) is 7.05 Å². The Hall–Kier alpha value is -2.10. The van der Waals surface area contributed by atoms with E-state index < -0.39 is 16.1 Å². The lowest BCUT2D eigenvalue weighted by Crippen LogP contribution is -2.29. The van der Waals surface area contributed by atoms with Crippen LogP contribution in [0.1, 0.15) is 11.7 Å². The summed E-state index contributed by atoms with van der Waals surface area (Å²) in [5, 5.41) is 10.1. The number of imidazole rings is 1. The number of hydrogen-bond acceptors (Lipinski definition) is 6. The number of ether oxygens (including phenoxy) is 2. The van der Waals surface area contributed by atoms with E-state index in [2.05, 4.69) is 9.71 Å².